The summed E-state index contributed by atoms with van der Waals surface area (Å²) in [5.41, 5.74) is 2.67. The monoisotopic (exact) mass is 214 g/mol. The highest BCUT2D eigenvalue weighted by Crippen LogP contribution is 2.31. The minimum atomic E-state index is -0.0123. The molecule has 1 aliphatic carbocycles. The topological polar surface area (TPSA) is 37.8 Å². The molecular weight excluding hydrogens is 200 g/mol. The highest BCUT2D eigenvalue weighted by Gasteiger charge is 2.21. The number of rotatable bonds is 1. The van der Waals surface area contributed by atoms with Gasteiger partial charge in [0.05, 0.1) is 6.04 Å². The molecule has 0 aliphatic heterocycles. The largest absolute Gasteiger partial charge is 0.326 e. The first-order chi connectivity index (χ1) is 7.86. The van der Waals surface area contributed by atoms with E-state index in [0.717, 1.165) is 19.3 Å². The van der Waals surface area contributed by atoms with Crippen molar-refractivity contribution >= 4 is 0 Å². The number of nitrogens with zero attached hydrogens (tertiary/aromatic N) is 1. The van der Waals surface area contributed by atoms with Gasteiger partial charge < -0.3 is 4.98 Å². The van der Waals surface area contributed by atoms with Crippen LogP contribution in [0.3, 0.4) is 0 Å². The van der Waals surface area contributed by atoms with E-state index in [0.29, 0.717) is 0 Å². The lowest BCUT2D eigenvalue weighted by Gasteiger charge is -2.25. The summed E-state index contributed by atoms with van der Waals surface area (Å²) >= 11 is 0. The van der Waals surface area contributed by atoms with Gasteiger partial charge in [0.1, 0.15) is 0 Å². The molecule has 82 valence electrons. The third-order valence-corrected chi connectivity index (χ3v) is 3.35. The predicted octanol–water partition coefficient (Wildman–Crippen LogP) is 2.10. The molecule has 1 aromatic heterocycles. The molecule has 2 aromatic rings. The molecule has 0 saturated heterocycles. The van der Waals surface area contributed by atoms with Gasteiger partial charge in [0.15, 0.2) is 0 Å². The zero-order chi connectivity index (χ0) is 11.0. The maximum absolute atomic E-state index is 11.6. The Morgan fingerprint density at radius 2 is 2.19 bits per heavy atom. The Bertz CT molecular complexity index is 553. The third-order valence-electron chi connectivity index (χ3n) is 3.35. The number of aromatic nitrogens is 2. The molecule has 0 amide bonds. The molecule has 1 unspecified atom stereocenters. The summed E-state index contributed by atoms with van der Waals surface area (Å²) in [6.07, 6.45) is 6.88. The Morgan fingerprint density at radius 3 is 3.00 bits per heavy atom. The summed E-state index contributed by atoms with van der Waals surface area (Å²) in [5.74, 6) is 0. The van der Waals surface area contributed by atoms with Gasteiger partial charge in [-0.05, 0) is 30.4 Å². The molecule has 0 fully saturated rings. The molecule has 0 saturated carbocycles. The summed E-state index contributed by atoms with van der Waals surface area (Å²) in [5, 5.41) is 0. The zero-order valence-electron chi connectivity index (χ0n) is 9.02. The zero-order valence-corrected chi connectivity index (χ0v) is 9.02. The molecule has 0 bridgehead atoms. The van der Waals surface area contributed by atoms with Crippen molar-refractivity contribution in [1.29, 1.82) is 0 Å². The second-order valence-corrected chi connectivity index (χ2v) is 4.28. The maximum Gasteiger partial charge on any atom is 0.326 e. The number of fused-ring (bicyclic) bond motifs is 1. The number of hydrogen-bond acceptors (Lipinski definition) is 1. The van der Waals surface area contributed by atoms with Gasteiger partial charge in [0.25, 0.3) is 0 Å². The highest BCUT2D eigenvalue weighted by atomic mass is 16.1. The first kappa shape index (κ1) is 9.46. The fourth-order valence-corrected chi connectivity index (χ4v) is 2.59. The SMILES string of the molecule is O=c1[nH]ccn1C1CCCc2ccccc21. The Balaban J connectivity index is 2.12. The van der Waals surface area contributed by atoms with Crippen LogP contribution in [0.25, 0.3) is 0 Å². The van der Waals surface area contributed by atoms with Gasteiger partial charge in [-0.15, -0.1) is 0 Å². The molecule has 0 spiro atoms. The number of nitrogens with one attached hydrogen (secondary N) is 1. The van der Waals surface area contributed by atoms with Crippen molar-refractivity contribution in [3.8, 4) is 0 Å². The van der Waals surface area contributed by atoms with Crippen molar-refractivity contribution in [1.82, 2.24) is 9.55 Å². The molecular formula is C13H14N2O. The minimum absolute atomic E-state index is 0.0123. The standard InChI is InChI=1S/C13H14N2O/c16-13-14-8-9-15(13)12-7-3-5-10-4-1-2-6-11(10)12/h1-2,4,6,8-9,12H,3,5,7H2,(H,14,16). The van der Waals surface area contributed by atoms with Crippen LogP contribution in [0.15, 0.2) is 41.5 Å². The van der Waals surface area contributed by atoms with Crippen molar-refractivity contribution in [2.45, 2.75) is 25.3 Å². The molecule has 3 nitrogen and oxygen atoms in total. The van der Waals surface area contributed by atoms with Crippen LogP contribution in [-0.4, -0.2) is 9.55 Å². The highest BCUT2D eigenvalue weighted by molar-refractivity contribution is 5.32. The Hall–Kier alpha value is -1.77. The summed E-state index contributed by atoms with van der Waals surface area (Å²) < 4.78 is 1.80. The van der Waals surface area contributed by atoms with Gasteiger partial charge >= 0.3 is 5.69 Å². The van der Waals surface area contributed by atoms with Crippen LogP contribution in [0, 0.1) is 0 Å². The van der Waals surface area contributed by atoms with Gasteiger partial charge in [-0.25, -0.2) is 4.79 Å². The number of aromatic amines is 1. The van der Waals surface area contributed by atoms with Gasteiger partial charge in [0.2, 0.25) is 0 Å². The van der Waals surface area contributed by atoms with Crippen LogP contribution in [-0.2, 0) is 6.42 Å². The lowest BCUT2D eigenvalue weighted by molar-refractivity contribution is 0.479. The number of benzene rings is 1. The van der Waals surface area contributed by atoms with E-state index in [1.54, 1.807) is 10.8 Å². The van der Waals surface area contributed by atoms with Crippen molar-refractivity contribution in [3.63, 3.8) is 0 Å². The van der Waals surface area contributed by atoms with Gasteiger partial charge in [-0.2, -0.15) is 0 Å². The lowest BCUT2D eigenvalue weighted by atomic mass is 9.88. The average Bonchev–Trinajstić information content (AvgIpc) is 2.75. The van der Waals surface area contributed by atoms with E-state index in [1.165, 1.54) is 11.1 Å². The first-order valence-electron chi connectivity index (χ1n) is 5.69. The van der Waals surface area contributed by atoms with Crippen LogP contribution in [0.4, 0.5) is 0 Å². The van der Waals surface area contributed by atoms with Gasteiger partial charge in [-0.3, -0.25) is 4.57 Å². The normalized spacial score (nSPS) is 19.4. The van der Waals surface area contributed by atoms with Gasteiger partial charge in [0, 0.05) is 12.4 Å². The fourth-order valence-electron chi connectivity index (χ4n) is 2.59. The van der Waals surface area contributed by atoms with Crippen molar-refractivity contribution < 1.29 is 0 Å². The number of H-pyrrole nitrogens is 1. The van der Waals surface area contributed by atoms with Gasteiger partial charge in [-0.1, -0.05) is 24.3 Å². The van der Waals surface area contributed by atoms with Crippen LogP contribution >= 0.6 is 0 Å². The van der Waals surface area contributed by atoms with Crippen molar-refractivity contribution in [2.75, 3.05) is 0 Å². The average molecular weight is 214 g/mol. The summed E-state index contributed by atoms with van der Waals surface area (Å²) in [6, 6.07) is 8.64. The number of aryl methyl sites for hydroxylation is 1. The van der Waals surface area contributed by atoms with Crippen LogP contribution < -0.4 is 5.69 Å². The Labute approximate surface area is 93.7 Å². The molecule has 0 radical (unpaired) electrons. The molecule has 1 heterocycles. The molecule has 3 heteroatoms. The summed E-state index contributed by atoms with van der Waals surface area (Å²) in [7, 11) is 0. The Morgan fingerprint density at radius 1 is 1.31 bits per heavy atom. The van der Waals surface area contributed by atoms with Crippen molar-refractivity contribution in [2.24, 2.45) is 0 Å². The smallest absolute Gasteiger partial charge is 0.313 e. The van der Waals surface area contributed by atoms with Crippen molar-refractivity contribution in [3.05, 3.63) is 58.3 Å². The van der Waals surface area contributed by atoms with E-state index >= 15 is 0 Å². The number of hydrogen-bond donors (Lipinski definition) is 1. The van der Waals surface area contributed by atoms with Crippen LogP contribution in [0.2, 0.25) is 0 Å². The second kappa shape index (κ2) is 3.67. The lowest BCUT2D eigenvalue weighted by Crippen LogP contribution is -2.25. The number of imidazole rings is 1. The minimum Gasteiger partial charge on any atom is -0.313 e. The molecule has 1 atom stereocenters. The van der Waals surface area contributed by atoms with E-state index in [4.69, 9.17) is 0 Å². The Kier molecular flexibility index (Phi) is 2.17. The summed E-state index contributed by atoms with van der Waals surface area (Å²) in [6.45, 7) is 0. The molecule has 16 heavy (non-hydrogen) atoms. The van der Waals surface area contributed by atoms with Crippen LogP contribution in [0.5, 0.6) is 0 Å². The van der Waals surface area contributed by atoms with E-state index in [2.05, 4.69) is 29.2 Å². The van der Waals surface area contributed by atoms with E-state index in [9.17, 15) is 4.79 Å². The molecule has 1 aromatic carbocycles. The second-order valence-electron chi connectivity index (χ2n) is 4.28. The van der Waals surface area contributed by atoms with E-state index in [-0.39, 0.29) is 11.7 Å². The quantitative estimate of drug-likeness (QED) is 0.775. The van der Waals surface area contributed by atoms with Crippen LogP contribution in [0.1, 0.15) is 30.0 Å². The fraction of sp³-hybridized carbons (Fsp3) is 0.308. The predicted molar refractivity (Wildman–Crippen MR) is 62.6 cm³/mol. The maximum atomic E-state index is 11.6. The molecule has 1 aliphatic rings. The third kappa shape index (κ3) is 1.40. The summed E-state index contributed by atoms with van der Waals surface area (Å²) in [4.78, 5) is 14.3. The molecule has 1 N–H and O–H groups in total. The molecule has 3 rings (SSSR count). The van der Waals surface area contributed by atoms with E-state index < -0.39 is 0 Å². The van der Waals surface area contributed by atoms with E-state index in [1.807, 2.05) is 6.20 Å². The first-order valence-corrected chi connectivity index (χ1v) is 5.69.